The molecule has 4 N–H and O–H groups in total. The number of aryl methyl sites for hydroxylation is 1. The first-order valence-corrected chi connectivity index (χ1v) is 4.42. The van der Waals surface area contributed by atoms with E-state index >= 15 is 0 Å². The van der Waals surface area contributed by atoms with Crippen molar-refractivity contribution in [3.05, 3.63) is 29.3 Å². The van der Waals surface area contributed by atoms with E-state index in [1.807, 2.05) is 11.9 Å². The van der Waals surface area contributed by atoms with Gasteiger partial charge in [-0.3, -0.25) is 11.5 Å². The zero-order chi connectivity index (χ0) is 9.64. The molecular weight excluding hydrogens is 162 g/mol. The molecule has 70 valence electrons. The summed E-state index contributed by atoms with van der Waals surface area (Å²) in [5.41, 5.74) is 15.5. The Morgan fingerprint density at radius 2 is 2.08 bits per heavy atom. The Labute approximate surface area is 78.3 Å². The second-order valence-corrected chi connectivity index (χ2v) is 3.86. The van der Waals surface area contributed by atoms with Crippen LogP contribution >= 0.6 is 0 Å². The second-order valence-electron chi connectivity index (χ2n) is 3.86. The van der Waals surface area contributed by atoms with E-state index in [1.165, 1.54) is 11.1 Å². The van der Waals surface area contributed by atoms with Crippen LogP contribution in [-0.2, 0) is 6.42 Å². The molecule has 3 nitrogen and oxygen atoms in total. The molecule has 0 spiro atoms. The van der Waals surface area contributed by atoms with Gasteiger partial charge < -0.3 is 4.90 Å². The predicted octanol–water partition coefficient (Wildman–Crippen LogP) is 0.559. The summed E-state index contributed by atoms with van der Waals surface area (Å²) in [4.78, 5) is 1.94. The number of nitrogens with zero attached hydrogens (tertiary/aromatic N) is 1. The van der Waals surface area contributed by atoms with Crippen LogP contribution in [-0.4, -0.2) is 12.8 Å². The fourth-order valence-corrected chi connectivity index (χ4v) is 1.78. The lowest BCUT2D eigenvalue weighted by Gasteiger charge is -2.29. The Bertz CT molecular complexity index is 344. The van der Waals surface area contributed by atoms with E-state index in [-0.39, 0.29) is 0 Å². The van der Waals surface area contributed by atoms with Crippen molar-refractivity contribution < 1.29 is 0 Å². The van der Waals surface area contributed by atoms with Crippen molar-refractivity contribution >= 4 is 5.69 Å². The molecule has 0 fully saturated rings. The van der Waals surface area contributed by atoms with Crippen molar-refractivity contribution in [2.75, 3.05) is 11.9 Å². The Morgan fingerprint density at radius 3 is 2.77 bits per heavy atom. The van der Waals surface area contributed by atoms with Gasteiger partial charge in [0.2, 0.25) is 0 Å². The molecule has 1 aliphatic heterocycles. The summed E-state index contributed by atoms with van der Waals surface area (Å²) in [6.45, 7) is 2.07. The van der Waals surface area contributed by atoms with E-state index in [0.29, 0.717) is 0 Å². The first kappa shape index (κ1) is 8.53. The van der Waals surface area contributed by atoms with Gasteiger partial charge in [0.25, 0.3) is 0 Å². The monoisotopic (exact) mass is 177 g/mol. The normalized spacial score (nSPS) is 18.9. The van der Waals surface area contributed by atoms with Crippen LogP contribution in [0.1, 0.15) is 11.1 Å². The molecular formula is C10H15N3. The molecule has 13 heavy (non-hydrogen) atoms. The molecule has 1 aliphatic rings. The number of benzene rings is 1. The zero-order valence-corrected chi connectivity index (χ0v) is 8.04. The molecule has 1 aromatic rings. The minimum atomic E-state index is -0.712. The van der Waals surface area contributed by atoms with Crippen LogP contribution in [0.2, 0.25) is 0 Å². The van der Waals surface area contributed by atoms with Crippen LogP contribution in [0.25, 0.3) is 0 Å². The first-order valence-electron chi connectivity index (χ1n) is 4.42. The third kappa shape index (κ3) is 1.20. The van der Waals surface area contributed by atoms with Gasteiger partial charge in [-0.1, -0.05) is 12.1 Å². The summed E-state index contributed by atoms with van der Waals surface area (Å²) in [6.07, 6.45) is 0.721. The molecule has 1 aromatic carbocycles. The van der Waals surface area contributed by atoms with Crippen molar-refractivity contribution in [1.29, 1.82) is 0 Å². The molecule has 0 saturated heterocycles. The van der Waals surface area contributed by atoms with Gasteiger partial charge in [-0.2, -0.15) is 0 Å². The van der Waals surface area contributed by atoms with E-state index in [2.05, 4.69) is 25.1 Å². The van der Waals surface area contributed by atoms with Crippen LogP contribution in [0, 0.1) is 6.92 Å². The largest absolute Gasteiger partial charge is 0.344 e. The topological polar surface area (TPSA) is 55.3 Å². The van der Waals surface area contributed by atoms with Crippen LogP contribution < -0.4 is 16.4 Å². The van der Waals surface area contributed by atoms with Crippen molar-refractivity contribution in [1.82, 2.24) is 0 Å². The van der Waals surface area contributed by atoms with Crippen LogP contribution in [0.5, 0.6) is 0 Å². The molecule has 0 unspecified atom stereocenters. The summed E-state index contributed by atoms with van der Waals surface area (Å²) in [5.74, 6) is -0.712. The third-order valence-corrected chi connectivity index (χ3v) is 2.70. The number of anilines is 1. The van der Waals surface area contributed by atoms with Crippen molar-refractivity contribution in [2.45, 2.75) is 19.1 Å². The highest BCUT2D eigenvalue weighted by atomic mass is 15.4. The number of rotatable bonds is 0. The fraction of sp³-hybridized carbons (Fsp3) is 0.400. The summed E-state index contributed by atoms with van der Waals surface area (Å²) in [7, 11) is 1.94. The first-order chi connectivity index (χ1) is 6.00. The van der Waals surface area contributed by atoms with E-state index < -0.39 is 5.79 Å². The SMILES string of the molecule is Cc1ccc2c(c1)N(C)C(N)(N)C2. The van der Waals surface area contributed by atoms with Gasteiger partial charge >= 0.3 is 0 Å². The lowest BCUT2D eigenvalue weighted by molar-refractivity contribution is 0.460. The third-order valence-electron chi connectivity index (χ3n) is 2.70. The number of hydrogen-bond donors (Lipinski definition) is 2. The highest BCUT2D eigenvalue weighted by Crippen LogP contribution is 2.32. The minimum absolute atomic E-state index is 0.712. The number of fused-ring (bicyclic) bond motifs is 1. The van der Waals surface area contributed by atoms with Gasteiger partial charge in [-0.15, -0.1) is 0 Å². The van der Waals surface area contributed by atoms with Crippen molar-refractivity contribution in [3.8, 4) is 0 Å². The number of likely N-dealkylation sites (N-methyl/N-ethyl adjacent to an activating group) is 1. The Hall–Kier alpha value is -1.06. The van der Waals surface area contributed by atoms with Gasteiger partial charge in [0, 0.05) is 19.2 Å². The molecule has 0 atom stereocenters. The van der Waals surface area contributed by atoms with Gasteiger partial charge in [0.05, 0.1) is 0 Å². The molecule has 0 radical (unpaired) electrons. The molecule has 0 saturated carbocycles. The average molecular weight is 177 g/mol. The summed E-state index contributed by atoms with van der Waals surface area (Å²) in [6, 6.07) is 6.31. The maximum Gasteiger partial charge on any atom is 0.145 e. The van der Waals surface area contributed by atoms with Gasteiger partial charge in [0.15, 0.2) is 0 Å². The van der Waals surface area contributed by atoms with Gasteiger partial charge in [-0.05, 0) is 24.1 Å². The maximum absolute atomic E-state index is 5.93. The Balaban J connectivity index is 2.51. The maximum atomic E-state index is 5.93. The standard InChI is InChI=1S/C10H15N3/c1-7-3-4-8-6-10(11,12)13(2)9(8)5-7/h3-5H,6,11-12H2,1-2H3. The smallest absolute Gasteiger partial charge is 0.145 e. The summed E-state index contributed by atoms with van der Waals surface area (Å²) in [5, 5.41) is 0. The molecule has 0 bridgehead atoms. The lowest BCUT2D eigenvalue weighted by Crippen LogP contribution is -2.60. The number of hydrogen-bond acceptors (Lipinski definition) is 3. The average Bonchev–Trinajstić information content (AvgIpc) is 2.26. The quantitative estimate of drug-likeness (QED) is 0.569. The van der Waals surface area contributed by atoms with E-state index in [4.69, 9.17) is 11.5 Å². The van der Waals surface area contributed by atoms with Gasteiger partial charge in [-0.25, -0.2) is 0 Å². The van der Waals surface area contributed by atoms with Crippen molar-refractivity contribution in [3.63, 3.8) is 0 Å². The van der Waals surface area contributed by atoms with Crippen LogP contribution in [0.15, 0.2) is 18.2 Å². The fourth-order valence-electron chi connectivity index (χ4n) is 1.78. The number of nitrogens with two attached hydrogens (primary N) is 2. The molecule has 0 aliphatic carbocycles. The predicted molar refractivity (Wildman–Crippen MR) is 54.4 cm³/mol. The van der Waals surface area contributed by atoms with E-state index in [1.54, 1.807) is 0 Å². The minimum Gasteiger partial charge on any atom is -0.344 e. The lowest BCUT2D eigenvalue weighted by atomic mass is 10.1. The van der Waals surface area contributed by atoms with Crippen molar-refractivity contribution in [2.24, 2.45) is 11.5 Å². The Kier molecular flexibility index (Phi) is 1.62. The summed E-state index contributed by atoms with van der Waals surface area (Å²) < 4.78 is 0. The molecule has 2 rings (SSSR count). The van der Waals surface area contributed by atoms with Gasteiger partial charge in [0.1, 0.15) is 5.79 Å². The van der Waals surface area contributed by atoms with Crippen LogP contribution in [0.4, 0.5) is 5.69 Å². The highest BCUT2D eigenvalue weighted by molar-refractivity contribution is 5.61. The van der Waals surface area contributed by atoms with Crippen LogP contribution in [0.3, 0.4) is 0 Å². The molecule has 1 heterocycles. The molecule has 0 aromatic heterocycles. The Morgan fingerprint density at radius 1 is 1.38 bits per heavy atom. The molecule has 0 amide bonds. The van der Waals surface area contributed by atoms with E-state index in [0.717, 1.165) is 12.1 Å². The zero-order valence-electron chi connectivity index (χ0n) is 8.04. The summed E-state index contributed by atoms with van der Waals surface area (Å²) >= 11 is 0. The van der Waals surface area contributed by atoms with E-state index in [9.17, 15) is 0 Å². The molecule has 3 heteroatoms. The highest BCUT2D eigenvalue weighted by Gasteiger charge is 2.34. The second kappa shape index (κ2) is 2.47.